The standard InChI is InChI=1S/C21H24N4O2S/c1-14(2)16-13-19(27)25-21(22-16)28-20(23-25)17-9-6-12-24(17)18(26)11-10-15-7-4-3-5-8-15/h3-5,7-8,13-14,17H,6,9-12H2,1-2H3/t17-/m1/s1. The molecule has 1 fully saturated rings. The molecule has 6 nitrogen and oxygen atoms in total. The van der Waals surface area contributed by atoms with E-state index in [1.165, 1.54) is 21.4 Å². The van der Waals surface area contributed by atoms with Crippen molar-refractivity contribution >= 4 is 22.2 Å². The average Bonchev–Trinajstić information content (AvgIpc) is 3.33. The van der Waals surface area contributed by atoms with Crippen molar-refractivity contribution in [2.75, 3.05) is 6.54 Å². The first-order chi connectivity index (χ1) is 13.5. The summed E-state index contributed by atoms with van der Waals surface area (Å²) in [6, 6.07) is 11.6. The van der Waals surface area contributed by atoms with Crippen LogP contribution in [-0.4, -0.2) is 31.9 Å². The first-order valence-electron chi connectivity index (χ1n) is 9.77. The lowest BCUT2D eigenvalue weighted by Gasteiger charge is -2.22. The third kappa shape index (κ3) is 3.71. The molecule has 0 aliphatic carbocycles. The second-order valence-electron chi connectivity index (χ2n) is 7.54. The Morgan fingerprint density at radius 2 is 2.07 bits per heavy atom. The van der Waals surface area contributed by atoms with Crippen molar-refractivity contribution in [1.29, 1.82) is 0 Å². The summed E-state index contributed by atoms with van der Waals surface area (Å²) in [4.78, 5) is 32.4. The number of nitrogens with zero attached hydrogens (tertiary/aromatic N) is 4. The van der Waals surface area contributed by atoms with Gasteiger partial charge in [0.15, 0.2) is 0 Å². The Hall–Kier alpha value is -2.54. The Morgan fingerprint density at radius 3 is 2.82 bits per heavy atom. The van der Waals surface area contributed by atoms with Crippen LogP contribution in [0, 0.1) is 0 Å². The zero-order valence-corrected chi connectivity index (χ0v) is 17.0. The Bertz CT molecular complexity index is 1040. The van der Waals surface area contributed by atoms with E-state index in [4.69, 9.17) is 0 Å². The Labute approximate surface area is 167 Å². The SMILES string of the molecule is CC(C)c1cc(=O)n2nc([C@H]3CCCN3C(=O)CCc3ccccc3)sc2n1. The summed E-state index contributed by atoms with van der Waals surface area (Å²) < 4.78 is 1.37. The van der Waals surface area contributed by atoms with Gasteiger partial charge in [-0.2, -0.15) is 9.61 Å². The van der Waals surface area contributed by atoms with E-state index in [0.29, 0.717) is 11.4 Å². The van der Waals surface area contributed by atoms with Gasteiger partial charge in [0.25, 0.3) is 5.56 Å². The van der Waals surface area contributed by atoms with Crippen LogP contribution in [-0.2, 0) is 11.2 Å². The van der Waals surface area contributed by atoms with Gasteiger partial charge in [0, 0.05) is 19.0 Å². The second-order valence-corrected chi connectivity index (χ2v) is 8.53. The topological polar surface area (TPSA) is 67.6 Å². The van der Waals surface area contributed by atoms with E-state index in [-0.39, 0.29) is 23.4 Å². The molecule has 1 atom stereocenters. The number of aromatic nitrogens is 3. The van der Waals surface area contributed by atoms with Crippen molar-refractivity contribution in [3.63, 3.8) is 0 Å². The van der Waals surface area contributed by atoms with Crippen LogP contribution < -0.4 is 5.56 Å². The highest BCUT2D eigenvalue weighted by Crippen LogP contribution is 2.34. The first-order valence-corrected chi connectivity index (χ1v) is 10.6. The Balaban J connectivity index is 1.55. The van der Waals surface area contributed by atoms with Crippen molar-refractivity contribution in [2.45, 2.75) is 51.5 Å². The van der Waals surface area contributed by atoms with Gasteiger partial charge in [-0.25, -0.2) is 4.98 Å². The van der Waals surface area contributed by atoms with Crippen LogP contribution in [0.15, 0.2) is 41.2 Å². The van der Waals surface area contributed by atoms with Gasteiger partial charge >= 0.3 is 0 Å². The van der Waals surface area contributed by atoms with Crippen molar-refractivity contribution in [3.05, 3.63) is 63.0 Å². The lowest BCUT2D eigenvalue weighted by Crippen LogP contribution is -2.30. The zero-order chi connectivity index (χ0) is 19.7. The minimum atomic E-state index is -0.156. The molecule has 0 saturated carbocycles. The molecular formula is C21H24N4O2S. The fraction of sp³-hybridized carbons (Fsp3) is 0.429. The molecule has 1 aliphatic rings. The summed E-state index contributed by atoms with van der Waals surface area (Å²) in [5, 5.41) is 5.31. The third-order valence-electron chi connectivity index (χ3n) is 5.20. The lowest BCUT2D eigenvalue weighted by molar-refractivity contribution is -0.132. The van der Waals surface area contributed by atoms with E-state index in [1.807, 2.05) is 49.1 Å². The van der Waals surface area contributed by atoms with Gasteiger partial charge < -0.3 is 4.90 Å². The maximum absolute atomic E-state index is 12.8. The highest BCUT2D eigenvalue weighted by atomic mass is 32.1. The van der Waals surface area contributed by atoms with Crippen LogP contribution in [0.25, 0.3) is 4.96 Å². The van der Waals surface area contributed by atoms with Gasteiger partial charge in [-0.05, 0) is 30.7 Å². The molecule has 28 heavy (non-hydrogen) atoms. The quantitative estimate of drug-likeness (QED) is 0.661. The molecule has 1 aromatic carbocycles. The largest absolute Gasteiger partial charge is 0.333 e. The van der Waals surface area contributed by atoms with Crippen molar-refractivity contribution < 1.29 is 4.79 Å². The van der Waals surface area contributed by atoms with E-state index in [1.54, 1.807) is 6.07 Å². The molecule has 4 rings (SSSR count). The molecule has 1 aliphatic heterocycles. The van der Waals surface area contributed by atoms with Gasteiger partial charge in [-0.15, -0.1) is 0 Å². The van der Waals surface area contributed by atoms with E-state index in [9.17, 15) is 9.59 Å². The molecule has 0 radical (unpaired) electrons. The minimum absolute atomic E-state index is 0.0585. The fourth-order valence-electron chi connectivity index (χ4n) is 3.63. The summed E-state index contributed by atoms with van der Waals surface area (Å²) in [6.45, 7) is 4.78. The number of aryl methyl sites for hydroxylation is 1. The molecular weight excluding hydrogens is 372 g/mol. The maximum atomic E-state index is 12.8. The molecule has 2 aromatic heterocycles. The fourth-order valence-corrected chi connectivity index (χ4v) is 4.69. The number of hydrogen-bond donors (Lipinski definition) is 0. The van der Waals surface area contributed by atoms with E-state index in [2.05, 4.69) is 10.1 Å². The van der Waals surface area contributed by atoms with Gasteiger partial charge in [0.05, 0.1) is 11.7 Å². The minimum Gasteiger partial charge on any atom is -0.333 e. The first kappa shape index (κ1) is 18.8. The summed E-state index contributed by atoms with van der Waals surface area (Å²) in [5.74, 6) is 0.333. The van der Waals surface area contributed by atoms with Gasteiger partial charge in [0.1, 0.15) is 5.01 Å². The molecule has 1 amide bonds. The maximum Gasteiger partial charge on any atom is 0.275 e. The van der Waals surface area contributed by atoms with Gasteiger partial charge in [-0.1, -0.05) is 55.5 Å². The molecule has 0 N–H and O–H groups in total. The van der Waals surface area contributed by atoms with Gasteiger partial charge in [0.2, 0.25) is 10.9 Å². The van der Waals surface area contributed by atoms with Crippen molar-refractivity contribution in [2.24, 2.45) is 0 Å². The molecule has 3 aromatic rings. The van der Waals surface area contributed by atoms with Crippen molar-refractivity contribution in [1.82, 2.24) is 19.5 Å². The molecule has 1 saturated heterocycles. The Kier molecular flexibility index (Phi) is 5.26. The summed E-state index contributed by atoms with van der Waals surface area (Å²) in [7, 11) is 0. The summed E-state index contributed by atoms with van der Waals surface area (Å²) in [5.41, 5.74) is 1.79. The highest BCUT2D eigenvalue weighted by molar-refractivity contribution is 7.16. The summed E-state index contributed by atoms with van der Waals surface area (Å²) >= 11 is 1.42. The average molecular weight is 397 g/mol. The number of carbonyl (C=O) groups is 1. The van der Waals surface area contributed by atoms with Crippen LogP contribution in [0.1, 0.15) is 61.3 Å². The molecule has 7 heteroatoms. The molecule has 0 unspecified atom stereocenters. The second kappa shape index (κ2) is 7.83. The predicted octanol–water partition coefficient (Wildman–Crippen LogP) is 3.57. The number of benzene rings is 1. The Morgan fingerprint density at radius 1 is 1.29 bits per heavy atom. The highest BCUT2D eigenvalue weighted by Gasteiger charge is 2.32. The van der Waals surface area contributed by atoms with Gasteiger partial charge in [-0.3, -0.25) is 9.59 Å². The van der Waals surface area contributed by atoms with E-state index in [0.717, 1.165) is 36.5 Å². The molecule has 3 heterocycles. The number of amides is 1. The summed E-state index contributed by atoms with van der Waals surface area (Å²) in [6.07, 6.45) is 3.06. The van der Waals surface area contributed by atoms with Crippen LogP contribution in [0.4, 0.5) is 0 Å². The van der Waals surface area contributed by atoms with Crippen LogP contribution >= 0.6 is 11.3 Å². The molecule has 146 valence electrons. The normalized spacial score (nSPS) is 17.0. The van der Waals surface area contributed by atoms with Crippen LogP contribution in [0.5, 0.6) is 0 Å². The third-order valence-corrected chi connectivity index (χ3v) is 6.21. The number of carbonyl (C=O) groups excluding carboxylic acids is 1. The molecule has 0 bridgehead atoms. The number of rotatable bonds is 5. The number of hydrogen-bond acceptors (Lipinski definition) is 5. The molecule has 0 spiro atoms. The van der Waals surface area contributed by atoms with E-state index >= 15 is 0 Å². The van der Waals surface area contributed by atoms with E-state index < -0.39 is 0 Å². The lowest BCUT2D eigenvalue weighted by atomic mass is 10.1. The van der Waals surface area contributed by atoms with Crippen LogP contribution in [0.2, 0.25) is 0 Å². The van der Waals surface area contributed by atoms with Crippen molar-refractivity contribution in [3.8, 4) is 0 Å². The number of fused-ring (bicyclic) bond motifs is 1. The number of likely N-dealkylation sites (tertiary alicyclic amines) is 1. The monoisotopic (exact) mass is 396 g/mol. The smallest absolute Gasteiger partial charge is 0.275 e. The predicted molar refractivity (Wildman–Crippen MR) is 110 cm³/mol. The zero-order valence-electron chi connectivity index (χ0n) is 16.2. The van der Waals surface area contributed by atoms with Crippen LogP contribution in [0.3, 0.4) is 0 Å².